The molecule has 1 aromatic carbocycles. The first kappa shape index (κ1) is 19.9. The van der Waals surface area contributed by atoms with Gasteiger partial charge >= 0.3 is 6.36 Å². The van der Waals surface area contributed by atoms with Crippen molar-refractivity contribution in [2.24, 2.45) is 0 Å². The molecule has 0 saturated heterocycles. The fraction of sp³-hybridized carbons (Fsp3) is 0.222. The van der Waals surface area contributed by atoms with Gasteiger partial charge in [0.15, 0.2) is 0 Å². The number of halogens is 3. The molecule has 0 atom stereocenters. The molecule has 0 aliphatic carbocycles. The summed E-state index contributed by atoms with van der Waals surface area (Å²) in [5.74, 6) is 0.421. The molecule has 3 rings (SSSR count). The van der Waals surface area contributed by atoms with E-state index in [1.54, 1.807) is 23.5 Å². The molecule has 0 saturated carbocycles. The normalized spacial score (nSPS) is 11.3. The number of nitrogens with zero attached hydrogens (tertiary/aromatic N) is 2. The van der Waals surface area contributed by atoms with Gasteiger partial charge in [-0.25, -0.2) is 4.98 Å². The molecule has 0 unspecified atom stereocenters. The molecule has 0 bridgehead atoms. The molecule has 2 heterocycles. The van der Waals surface area contributed by atoms with Crippen molar-refractivity contribution in [2.45, 2.75) is 12.9 Å². The quantitative estimate of drug-likeness (QED) is 0.519. The first-order valence-electron chi connectivity index (χ1n) is 8.29. The number of benzene rings is 1. The lowest BCUT2D eigenvalue weighted by molar-refractivity contribution is -0.274. The van der Waals surface area contributed by atoms with Crippen molar-refractivity contribution in [3.05, 3.63) is 52.7 Å². The van der Waals surface area contributed by atoms with E-state index in [1.165, 1.54) is 18.2 Å². The van der Waals surface area contributed by atoms with Crippen LogP contribution < -0.4 is 15.4 Å². The predicted octanol–water partition coefficient (Wildman–Crippen LogP) is 4.12. The van der Waals surface area contributed by atoms with Crippen molar-refractivity contribution in [1.82, 2.24) is 9.97 Å². The molecule has 28 heavy (non-hydrogen) atoms. The molecule has 0 amide bonds. The summed E-state index contributed by atoms with van der Waals surface area (Å²) in [5, 5.41) is 17.0. The number of rotatable bonds is 8. The lowest BCUT2D eigenvalue weighted by Gasteiger charge is -2.12. The van der Waals surface area contributed by atoms with Crippen LogP contribution >= 0.6 is 11.3 Å². The van der Waals surface area contributed by atoms with Gasteiger partial charge in [0, 0.05) is 23.1 Å². The zero-order valence-corrected chi connectivity index (χ0v) is 15.3. The third-order valence-corrected chi connectivity index (χ3v) is 4.38. The fourth-order valence-corrected chi connectivity index (χ4v) is 3.02. The molecular formula is C18H17F3N4O2S. The topological polar surface area (TPSA) is 79.3 Å². The lowest BCUT2D eigenvalue weighted by atomic mass is 10.1. The van der Waals surface area contributed by atoms with E-state index >= 15 is 0 Å². The molecule has 0 aliphatic rings. The second-order valence-corrected chi connectivity index (χ2v) is 6.65. The van der Waals surface area contributed by atoms with Crippen molar-refractivity contribution in [3.8, 4) is 17.0 Å². The van der Waals surface area contributed by atoms with Gasteiger partial charge in [0.05, 0.1) is 18.8 Å². The fourth-order valence-electron chi connectivity index (χ4n) is 2.38. The minimum atomic E-state index is -4.77. The van der Waals surface area contributed by atoms with Crippen molar-refractivity contribution in [2.75, 3.05) is 23.8 Å². The molecule has 10 heteroatoms. The Balaban J connectivity index is 1.88. The van der Waals surface area contributed by atoms with Crippen molar-refractivity contribution >= 4 is 23.1 Å². The summed E-state index contributed by atoms with van der Waals surface area (Å²) in [6.07, 6.45) is -4.77. The van der Waals surface area contributed by atoms with Crippen LogP contribution in [-0.2, 0) is 6.54 Å². The molecule has 3 aromatic rings. The van der Waals surface area contributed by atoms with Gasteiger partial charge in [-0.2, -0.15) is 4.98 Å². The number of ether oxygens (including phenoxy) is 1. The van der Waals surface area contributed by atoms with Gasteiger partial charge in [0.2, 0.25) is 5.95 Å². The number of alkyl halides is 3. The largest absolute Gasteiger partial charge is 0.573 e. The van der Waals surface area contributed by atoms with E-state index in [4.69, 9.17) is 5.11 Å². The first-order valence-corrected chi connectivity index (χ1v) is 9.17. The number of aliphatic hydroxyl groups excluding tert-OH is 1. The van der Waals surface area contributed by atoms with Gasteiger partial charge in [-0.05, 0) is 23.6 Å². The Morgan fingerprint density at radius 3 is 2.64 bits per heavy atom. The van der Waals surface area contributed by atoms with E-state index < -0.39 is 6.36 Å². The Kier molecular flexibility index (Phi) is 6.32. The Labute approximate surface area is 163 Å². The summed E-state index contributed by atoms with van der Waals surface area (Å²) >= 11 is 1.59. The molecule has 0 radical (unpaired) electrons. The van der Waals surface area contributed by atoms with Gasteiger partial charge < -0.3 is 20.5 Å². The summed E-state index contributed by atoms with van der Waals surface area (Å²) in [7, 11) is 0. The maximum atomic E-state index is 12.5. The second-order valence-electron chi connectivity index (χ2n) is 5.62. The number of anilines is 2. The van der Waals surface area contributed by atoms with Gasteiger partial charge in [-0.1, -0.05) is 18.2 Å². The van der Waals surface area contributed by atoms with E-state index in [2.05, 4.69) is 25.3 Å². The maximum absolute atomic E-state index is 12.5. The molecule has 0 spiro atoms. The smallest absolute Gasteiger partial charge is 0.406 e. The van der Waals surface area contributed by atoms with E-state index in [9.17, 15) is 13.2 Å². The van der Waals surface area contributed by atoms with E-state index in [0.29, 0.717) is 23.6 Å². The number of hydrogen-bond donors (Lipinski definition) is 3. The van der Waals surface area contributed by atoms with Crippen LogP contribution in [0.15, 0.2) is 47.8 Å². The molecular weight excluding hydrogens is 393 g/mol. The van der Waals surface area contributed by atoms with Gasteiger partial charge in [-0.3, -0.25) is 0 Å². The first-order chi connectivity index (χ1) is 13.4. The molecule has 6 nitrogen and oxygen atoms in total. The average molecular weight is 410 g/mol. The van der Waals surface area contributed by atoms with Crippen LogP contribution in [0, 0.1) is 0 Å². The molecule has 0 aliphatic heterocycles. The van der Waals surface area contributed by atoms with Crippen molar-refractivity contribution in [1.29, 1.82) is 0 Å². The number of hydrogen-bond acceptors (Lipinski definition) is 7. The van der Waals surface area contributed by atoms with E-state index in [0.717, 1.165) is 4.88 Å². The molecule has 0 fully saturated rings. The number of thiophene rings is 1. The van der Waals surface area contributed by atoms with Gasteiger partial charge in [-0.15, -0.1) is 24.5 Å². The number of nitrogens with one attached hydrogen (secondary N) is 2. The van der Waals surface area contributed by atoms with Crippen LogP contribution in [0.1, 0.15) is 4.88 Å². The molecule has 3 N–H and O–H groups in total. The predicted molar refractivity (Wildman–Crippen MR) is 101 cm³/mol. The summed E-state index contributed by atoms with van der Waals surface area (Å²) in [5.41, 5.74) is 0.854. The van der Waals surface area contributed by atoms with Crippen LogP contribution in [0.2, 0.25) is 0 Å². The number of aromatic nitrogens is 2. The summed E-state index contributed by atoms with van der Waals surface area (Å²) in [6, 6.07) is 11.1. The van der Waals surface area contributed by atoms with Crippen LogP contribution in [0.3, 0.4) is 0 Å². The van der Waals surface area contributed by atoms with E-state index in [1.807, 2.05) is 17.5 Å². The Bertz CT molecular complexity index is 904. The van der Waals surface area contributed by atoms with Gasteiger partial charge in [0.25, 0.3) is 0 Å². The Hall–Kier alpha value is -2.85. The van der Waals surface area contributed by atoms with Crippen LogP contribution in [0.4, 0.5) is 24.9 Å². The highest BCUT2D eigenvalue weighted by molar-refractivity contribution is 7.09. The minimum absolute atomic E-state index is 0.111. The third-order valence-electron chi connectivity index (χ3n) is 3.51. The lowest BCUT2D eigenvalue weighted by Crippen LogP contribution is -2.17. The average Bonchev–Trinajstić information content (AvgIpc) is 3.17. The highest BCUT2D eigenvalue weighted by Crippen LogP contribution is 2.28. The number of aliphatic hydroxyl groups is 1. The standard InChI is InChI=1S/C18H17F3N4O2S/c19-18(20,21)27-13-4-1-3-12(9-13)15-10-16(23-11-14-5-2-8-28-14)25-17(24-15)22-6-7-26/h1-5,8-10,26H,6-7,11H2,(H2,22,23,24,25). The third kappa shape index (κ3) is 5.83. The summed E-state index contributed by atoms with van der Waals surface area (Å²) in [6.45, 7) is 0.677. The summed E-state index contributed by atoms with van der Waals surface area (Å²) in [4.78, 5) is 9.75. The Morgan fingerprint density at radius 1 is 1.07 bits per heavy atom. The van der Waals surface area contributed by atoms with Gasteiger partial charge in [0.1, 0.15) is 11.6 Å². The molecule has 148 valence electrons. The van der Waals surface area contributed by atoms with Crippen LogP contribution in [0.5, 0.6) is 5.75 Å². The minimum Gasteiger partial charge on any atom is -0.406 e. The van der Waals surface area contributed by atoms with Crippen molar-refractivity contribution < 1.29 is 23.0 Å². The second kappa shape index (κ2) is 8.89. The van der Waals surface area contributed by atoms with Crippen molar-refractivity contribution in [3.63, 3.8) is 0 Å². The monoisotopic (exact) mass is 410 g/mol. The SMILES string of the molecule is OCCNc1nc(NCc2cccs2)cc(-c2cccc(OC(F)(F)F)c2)n1. The van der Waals surface area contributed by atoms with E-state index in [-0.39, 0.29) is 24.8 Å². The van der Waals surface area contributed by atoms with Crippen LogP contribution in [0.25, 0.3) is 11.3 Å². The molecule has 2 aromatic heterocycles. The van der Waals surface area contributed by atoms with Crippen LogP contribution in [-0.4, -0.2) is 34.6 Å². The highest BCUT2D eigenvalue weighted by Gasteiger charge is 2.31. The maximum Gasteiger partial charge on any atom is 0.573 e. The highest BCUT2D eigenvalue weighted by atomic mass is 32.1. The summed E-state index contributed by atoms with van der Waals surface area (Å²) < 4.78 is 41.4. The Morgan fingerprint density at radius 2 is 1.93 bits per heavy atom. The zero-order chi connectivity index (χ0) is 20.0. The zero-order valence-electron chi connectivity index (χ0n) is 14.5.